The highest BCUT2D eigenvalue weighted by molar-refractivity contribution is 6.66. The standard InChI is InChI=1S/C17H14ClNO5/c1-23-15-8-4-12(5-9-17(18)20)10-16(15)24-11-13-2-6-14(7-3-13)19(21)22/h2-10H,11H2,1H3. The van der Waals surface area contributed by atoms with Crippen LogP contribution in [-0.4, -0.2) is 17.3 Å². The van der Waals surface area contributed by atoms with Crippen LogP contribution in [-0.2, 0) is 11.4 Å². The molecule has 2 aromatic rings. The van der Waals surface area contributed by atoms with E-state index in [2.05, 4.69) is 0 Å². The molecule has 0 unspecified atom stereocenters. The van der Waals surface area contributed by atoms with Gasteiger partial charge in [-0.05, 0) is 53.1 Å². The van der Waals surface area contributed by atoms with Gasteiger partial charge in [0.25, 0.3) is 5.69 Å². The molecule has 2 aromatic carbocycles. The molecule has 0 saturated carbocycles. The lowest BCUT2D eigenvalue weighted by molar-refractivity contribution is -0.384. The van der Waals surface area contributed by atoms with Crippen LogP contribution in [0.5, 0.6) is 11.5 Å². The lowest BCUT2D eigenvalue weighted by Gasteiger charge is -2.11. The second-order valence-electron chi connectivity index (χ2n) is 4.76. The number of carbonyl (C=O) groups is 1. The smallest absolute Gasteiger partial charge is 0.269 e. The summed E-state index contributed by atoms with van der Waals surface area (Å²) >= 11 is 5.27. The highest BCUT2D eigenvalue weighted by Gasteiger charge is 2.07. The number of non-ortho nitro benzene ring substituents is 1. The molecule has 0 aliphatic carbocycles. The summed E-state index contributed by atoms with van der Waals surface area (Å²) in [5, 5.41) is 10.1. The second kappa shape index (κ2) is 8.12. The molecule has 24 heavy (non-hydrogen) atoms. The van der Waals surface area contributed by atoms with Crippen LogP contribution < -0.4 is 9.47 Å². The first-order valence-corrected chi connectivity index (χ1v) is 7.29. The van der Waals surface area contributed by atoms with Crippen LogP contribution in [0.4, 0.5) is 5.69 Å². The van der Waals surface area contributed by atoms with Gasteiger partial charge in [0.05, 0.1) is 12.0 Å². The van der Waals surface area contributed by atoms with E-state index in [1.807, 2.05) is 0 Å². The van der Waals surface area contributed by atoms with Crippen molar-refractivity contribution in [2.75, 3.05) is 7.11 Å². The minimum Gasteiger partial charge on any atom is -0.493 e. The summed E-state index contributed by atoms with van der Waals surface area (Å²) in [6.07, 6.45) is 2.80. The van der Waals surface area contributed by atoms with Crippen molar-refractivity contribution >= 4 is 28.6 Å². The molecule has 0 aliphatic heterocycles. The number of methoxy groups -OCH3 is 1. The number of halogens is 1. The second-order valence-corrected chi connectivity index (χ2v) is 5.13. The molecular weight excluding hydrogens is 334 g/mol. The van der Waals surface area contributed by atoms with Gasteiger partial charge < -0.3 is 9.47 Å². The number of nitro benzene ring substituents is 1. The Morgan fingerprint density at radius 1 is 1.21 bits per heavy atom. The Morgan fingerprint density at radius 3 is 2.50 bits per heavy atom. The maximum absolute atomic E-state index is 10.8. The predicted octanol–water partition coefficient (Wildman–Crippen LogP) is 3.96. The van der Waals surface area contributed by atoms with E-state index in [1.165, 1.54) is 25.3 Å². The van der Waals surface area contributed by atoms with Gasteiger partial charge in [0.1, 0.15) is 6.61 Å². The Kier molecular flexibility index (Phi) is 5.92. The van der Waals surface area contributed by atoms with Gasteiger partial charge in [0, 0.05) is 12.1 Å². The van der Waals surface area contributed by atoms with Crippen molar-refractivity contribution < 1.29 is 19.2 Å². The molecule has 0 spiro atoms. The number of benzene rings is 2. The van der Waals surface area contributed by atoms with E-state index in [0.717, 1.165) is 11.1 Å². The van der Waals surface area contributed by atoms with Gasteiger partial charge in [-0.2, -0.15) is 0 Å². The molecule has 6 nitrogen and oxygen atoms in total. The first-order chi connectivity index (χ1) is 11.5. The first-order valence-electron chi connectivity index (χ1n) is 6.91. The molecule has 124 valence electrons. The number of nitrogens with zero attached hydrogens (tertiary/aromatic N) is 1. The van der Waals surface area contributed by atoms with E-state index >= 15 is 0 Å². The molecule has 7 heteroatoms. The maximum Gasteiger partial charge on any atom is 0.269 e. The van der Waals surface area contributed by atoms with Gasteiger partial charge in [-0.15, -0.1) is 0 Å². The topological polar surface area (TPSA) is 78.7 Å². The van der Waals surface area contributed by atoms with Crippen LogP contribution in [0, 0.1) is 10.1 Å². The summed E-state index contributed by atoms with van der Waals surface area (Å²) in [4.78, 5) is 21.0. The number of allylic oxidation sites excluding steroid dienone is 1. The fourth-order valence-corrected chi connectivity index (χ4v) is 2.01. The first kappa shape index (κ1) is 17.5. The third-order valence-electron chi connectivity index (χ3n) is 3.14. The fourth-order valence-electron chi connectivity index (χ4n) is 1.95. The summed E-state index contributed by atoms with van der Waals surface area (Å²) in [6.45, 7) is 0.218. The van der Waals surface area contributed by atoms with E-state index < -0.39 is 10.2 Å². The van der Waals surface area contributed by atoms with Gasteiger partial charge in [-0.25, -0.2) is 0 Å². The van der Waals surface area contributed by atoms with Crippen molar-refractivity contribution in [1.29, 1.82) is 0 Å². The largest absolute Gasteiger partial charge is 0.493 e. The number of hydrogen-bond donors (Lipinski definition) is 0. The van der Waals surface area contributed by atoms with Crippen molar-refractivity contribution in [2.45, 2.75) is 6.61 Å². The van der Waals surface area contributed by atoms with Gasteiger partial charge in [-0.3, -0.25) is 14.9 Å². The highest BCUT2D eigenvalue weighted by atomic mass is 35.5. The highest BCUT2D eigenvalue weighted by Crippen LogP contribution is 2.29. The molecule has 0 fully saturated rings. The zero-order valence-electron chi connectivity index (χ0n) is 12.8. The van der Waals surface area contributed by atoms with Gasteiger partial charge in [-0.1, -0.05) is 12.1 Å². The normalized spacial score (nSPS) is 10.6. The summed E-state index contributed by atoms with van der Waals surface area (Å²) < 4.78 is 10.9. The zero-order valence-corrected chi connectivity index (χ0v) is 13.5. The Morgan fingerprint density at radius 2 is 1.92 bits per heavy atom. The molecule has 0 amide bonds. The number of carbonyl (C=O) groups excluding carboxylic acids is 1. The summed E-state index contributed by atoms with van der Waals surface area (Å²) in [6, 6.07) is 11.3. The zero-order chi connectivity index (χ0) is 17.5. The van der Waals surface area contributed by atoms with E-state index in [0.29, 0.717) is 11.5 Å². The summed E-state index contributed by atoms with van der Waals surface area (Å²) in [5.74, 6) is 1.02. The Labute approximate surface area is 143 Å². The summed E-state index contributed by atoms with van der Waals surface area (Å²) in [5.41, 5.74) is 1.53. The van der Waals surface area contributed by atoms with Crippen molar-refractivity contribution in [3.8, 4) is 11.5 Å². The molecule has 0 N–H and O–H groups in total. The van der Waals surface area contributed by atoms with Gasteiger partial charge in [0.2, 0.25) is 5.24 Å². The average molecular weight is 348 g/mol. The monoisotopic (exact) mass is 347 g/mol. The van der Waals surface area contributed by atoms with Crippen LogP contribution in [0.2, 0.25) is 0 Å². The molecule has 0 aromatic heterocycles. The number of nitro groups is 1. The molecule has 0 aliphatic rings. The van der Waals surface area contributed by atoms with E-state index in [1.54, 1.807) is 36.4 Å². The molecule has 0 heterocycles. The predicted molar refractivity (Wildman–Crippen MR) is 90.3 cm³/mol. The van der Waals surface area contributed by atoms with Gasteiger partial charge >= 0.3 is 0 Å². The van der Waals surface area contributed by atoms with Crippen LogP contribution >= 0.6 is 11.6 Å². The number of rotatable bonds is 7. The van der Waals surface area contributed by atoms with Crippen molar-refractivity contribution in [1.82, 2.24) is 0 Å². The molecule has 2 rings (SSSR count). The minimum absolute atomic E-state index is 0.0224. The van der Waals surface area contributed by atoms with Crippen LogP contribution in [0.25, 0.3) is 6.08 Å². The SMILES string of the molecule is COc1ccc(C=CC(=O)Cl)cc1OCc1ccc([N+](=O)[O-])cc1. The minimum atomic E-state index is -0.570. The number of ether oxygens (including phenoxy) is 2. The lowest BCUT2D eigenvalue weighted by Crippen LogP contribution is -1.98. The molecule has 0 saturated heterocycles. The van der Waals surface area contributed by atoms with E-state index in [4.69, 9.17) is 21.1 Å². The van der Waals surface area contributed by atoms with Crippen LogP contribution in [0.3, 0.4) is 0 Å². The van der Waals surface area contributed by atoms with E-state index in [-0.39, 0.29) is 12.3 Å². The van der Waals surface area contributed by atoms with Gasteiger partial charge in [0.15, 0.2) is 11.5 Å². The molecular formula is C17H14ClNO5. The fraction of sp³-hybridized carbons (Fsp3) is 0.118. The third kappa shape index (κ3) is 4.82. The van der Waals surface area contributed by atoms with Crippen molar-refractivity contribution in [3.63, 3.8) is 0 Å². The summed E-state index contributed by atoms with van der Waals surface area (Å²) in [7, 11) is 1.52. The molecule has 0 atom stereocenters. The Hall–Kier alpha value is -2.86. The van der Waals surface area contributed by atoms with E-state index in [9.17, 15) is 14.9 Å². The average Bonchev–Trinajstić information content (AvgIpc) is 2.58. The van der Waals surface area contributed by atoms with Crippen molar-refractivity contribution in [3.05, 3.63) is 69.8 Å². The van der Waals surface area contributed by atoms with Crippen molar-refractivity contribution in [2.24, 2.45) is 0 Å². The third-order valence-corrected chi connectivity index (χ3v) is 3.26. The molecule has 0 radical (unpaired) electrons. The Bertz CT molecular complexity index is 771. The van der Waals surface area contributed by atoms with Crippen LogP contribution in [0.15, 0.2) is 48.5 Å². The molecule has 0 bridgehead atoms. The van der Waals surface area contributed by atoms with Crippen LogP contribution in [0.1, 0.15) is 11.1 Å². The number of hydrogen-bond acceptors (Lipinski definition) is 5. The Balaban J connectivity index is 2.13. The lowest BCUT2D eigenvalue weighted by atomic mass is 10.2. The quantitative estimate of drug-likeness (QED) is 0.328. The maximum atomic E-state index is 10.8.